The highest BCUT2D eigenvalue weighted by atomic mass is 16.6. The molecule has 0 amide bonds. The smallest absolute Gasteiger partial charge is 0.308 e. The summed E-state index contributed by atoms with van der Waals surface area (Å²) in [5.74, 6) is -2.44. The van der Waals surface area contributed by atoms with Crippen LogP contribution in [0.25, 0.3) is 0 Å². The Labute approximate surface area is 57.6 Å². The molecule has 1 atom stereocenters. The summed E-state index contributed by atoms with van der Waals surface area (Å²) in [4.78, 5) is 10.8. The molecule has 5 nitrogen and oxygen atoms in total. The van der Waals surface area contributed by atoms with Crippen molar-refractivity contribution in [1.82, 2.24) is 10.9 Å². The Morgan fingerprint density at radius 2 is 2.50 bits per heavy atom. The second-order valence-electron chi connectivity index (χ2n) is 1.82. The van der Waals surface area contributed by atoms with Crippen molar-refractivity contribution >= 4 is 5.78 Å². The van der Waals surface area contributed by atoms with Crippen molar-refractivity contribution in [3.8, 4) is 0 Å². The molecule has 1 aliphatic heterocycles. The van der Waals surface area contributed by atoms with Crippen molar-refractivity contribution in [1.29, 1.82) is 0 Å². The summed E-state index contributed by atoms with van der Waals surface area (Å²) in [5.41, 5.74) is 4.67. The van der Waals surface area contributed by atoms with Crippen molar-refractivity contribution in [3.05, 3.63) is 12.3 Å². The third-order valence-corrected chi connectivity index (χ3v) is 1.19. The van der Waals surface area contributed by atoms with E-state index in [1.54, 1.807) is 0 Å². The lowest BCUT2D eigenvalue weighted by Gasteiger charge is -2.26. The molecule has 56 valence electrons. The van der Waals surface area contributed by atoms with E-state index in [0.29, 0.717) is 0 Å². The molecule has 5 heteroatoms. The molecule has 1 unspecified atom stereocenters. The molecule has 1 aliphatic rings. The summed E-state index contributed by atoms with van der Waals surface area (Å²) in [6.45, 7) is 0. The Hall–Kier alpha value is -0.910. The zero-order valence-electron chi connectivity index (χ0n) is 5.42. The summed E-state index contributed by atoms with van der Waals surface area (Å²) < 4.78 is 4.47. The molecule has 1 heterocycles. The molecule has 0 radical (unpaired) electrons. The van der Waals surface area contributed by atoms with E-state index in [-0.39, 0.29) is 0 Å². The van der Waals surface area contributed by atoms with Crippen molar-refractivity contribution < 1.29 is 14.6 Å². The van der Waals surface area contributed by atoms with E-state index in [1.807, 2.05) is 0 Å². The Morgan fingerprint density at radius 1 is 1.80 bits per heavy atom. The summed E-state index contributed by atoms with van der Waals surface area (Å²) in [6.07, 6.45) is 2.55. The van der Waals surface area contributed by atoms with E-state index in [4.69, 9.17) is 5.11 Å². The number of ether oxygens (including phenoxy) is 1. The molecule has 0 aromatic rings. The molecule has 0 saturated heterocycles. The molecule has 0 spiro atoms. The van der Waals surface area contributed by atoms with Crippen LogP contribution in [0.15, 0.2) is 12.3 Å². The number of carbonyl (C=O) groups is 1. The van der Waals surface area contributed by atoms with E-state index in [1.165, 1.54) is 19.4 Å². The number of carbonyl (C=O) groups excluding carboxylic acids is 1. The van der Waals surface area contributed by atoms with Gasteiger partial charge in [-0.2, -0.15) is 5.43 Å². The summed E-state index contributed by atoms with van der Waals surface area (Å²) in [7, 11) is 1.23. The van der Waals surface area contributed by atoms with Crippen LogP contribution in [-0.4, -0.2) is 23.9 Å². The molecule has 0 fully saturated rings. The number of methoxy groups -OCH3 is 1. The van der Waals surface area contributed by atoms with Gasteiger partial charge in [-0.1, -0.05) is 0 Å². The largest absolute Gasteiger partial charge is 0.346 e. The van der Waals surface area contributed by atoms with Crippen molar-refractivity contribution in [2.45, 2.75) is 5.91 Å². The molecule has 0 aromatic carbocycles. The zero-order chi connectivity index (χ0) is 7.61. The number of hydrogen-bond acceptors (Lipinski definition) is 5. The van der Waals surface area contributed by atoms with Gasteiger partial charge in [0.05, 0.1) is 0 Å². The lowest BCUT2D eigenvalue weighted by Crippen LogP contribution is -2.59. The Morgan fingerprint density at radius 3 is 2.90 bits per heavy atom. The molecule has 0 aromatic heterocycles. The Balaban J connectivity index is 2.77. The second-order valence-corrected chi connectivity index (χ2v) is 1.82. The monoisotopic (exact) mass is 144 g/mol. The number of hydrogen-bond donors (Lipinski definition) is 3. The third-order valence-electron chi connectivity index (χ3n) is 1.19. The van der Waals surface area contributed by atoms with Gasteiger partial charge in [0.1, 0.15) is 0 Å². The highest BCUT2D eigenvalue weighted by Crippen LogP contribution is 2.04. The lowest BCUT2D eigenvalue weighted by atomic mass is 10.3. The van der Waals surface area contributed by atoms with Crippen molar-refractivity contribution in [2.75, 3.05) is 7.11 Å². The molecule has 1 rings (SSSR count). The SMILES string of the molecule is COC1(O)NNC=CC1=O. The second kappa shape index (κ2) is 2.37. The zero-order valence-corrected chi connectivity index (χ0v) is 5.42. The molecule has 3 N–H and O–H groups in total. The standard InChI is InChI=1S/C5H8N2O3/c1-10-5(9)4(8)2-3-6-7-5/h2-3,6-7,9H,1H3. The van der Waals surface area contributed by atoms with Gasteiger partial charge in [-0.25, -0.2) is 0 Å². The average Bonchev–Trinajstić information content (AvgIpc) is 1.96. The molecule has 0 aliphatic carbocycles. The fourth-order valence-electron chi connectivity index (χ4n) is 0.583. The van der Waals surface area contributed by atoms with Crippen molar-refractivity contribution in [2.24, 2.45) is 0 Å². The number of ketones is 1. The highest BCUT2D eigenvalue weighted by Gasteiger charge is 2.35. The van der Waals surface area contributed by atoms with Crippen LogP contribution in [0.2, 0.25) is 0 Å². The maximum absolute atomic E-state index is 10.8. The Kier molecular flexibility index (Phi) is 1.71. The van der Waals surface area contributed by atoms with Crippen LogP contribution in [0.3, 0.4) is 0 Å². The van der Waals surface area contributed by atoms with Crippen LogP contribution in [0.5, 0.6) is 0 Å². The summed E-state index contributed by atoms with van der Waals surface area (Å²) in [5, 5.41) is 9.15. The summed E-state index contributed by atoms with van der Waals surface area (Å²) >= 11 is 0. The first-order valence-corrected chi connectivity index (χ1v) is 2.70. The predicted octanol–water partition coefficient (Wildman–Crippen LogP) is -1.53. The molecular weight excluding hydrogens is 136 g/mol. The first-order chi connectivity index (χ1) is 4.69. The predicted molar refractivity (Wildman–Crippen MR) is 32.4 cm³/mol. The highest BCUT2D eigenvalue weighted by molar-refractivity contribution is 5.95. The van der Waals surface area contributed by atoms with E-state index in [2.05, 4.69) is 15.6 Å². The number of aliphatic hydroxyl groups is 1. The van der Waals surface area contributed by atoms with Crippen LogP contribution in [0.1, 0.15) is 0 Å². The van der Waals surface area contributed by atoms with Gasteiger partial charge in [-0.05, 0) is 0 Å². The average molecular weight is 144 g/mol. The Bertz CT molecular complexity index is 180. The van der Waals surface area contributed by atoms with E-state index in [9.17, 15) is 4.79 Å². The minimum Gasteiger partial charge on any atom is -0.346 e. The van der Waals surface area contributed by atoms with Gasteiger partial charge in [-0.3, -0.25) is 4.79 Å². The van der Waals surface area contributed by atoms with E-state index < -0.39 is 11.7 Å². The van der Waals surface area contributed by atoms with E-state index in [0.717, 1.165) is 0 Å². The topological polar surface area (TPSA) is 70.6 Å². The molecule has 0 saturated carbocycles. The third kappa shape index (κ3) is 1.02. The first-order valence-electron chi connectivity index (χ1n) is 2.70. The first kappa shape index (κ1) is 7.20. The normalized spacial score (nSPS) is 32.0. The minimum absolute atomic E-state index is 0.534. The van der Waals surface area contributed by atoms with Gasteiger partial charge in [0.15, 0.2) is 0 Å². The van der Waals surface area contributed by atoms with Gasteiger partial charge in [0, 0.05) is 19.4 Å². The molecule has 10 heavy (non-hydrogen) atoms. The van der Waals surface area contributed by atoms with Crippen LogP contribution < -0.4 is 10.9 Å². The van der Waals surface area contributed by atoms with Crippen LogP contribution in [0.4, 0.5) is 0 Å². The maximum atomic E-state index is 10.8. The fourth-order valence-corrected chi connectivity index (χ4v) is 0.583. The molecule has 0 bridgehead atoms. The lowest BCUT2D eigenvalue weighted by molar-refractivity contribution is -0.209. The number of hydrazine groups is 1. The number of nitrogens with one attached hydrogen (secondary N) is 2. The minimum atomic E-state index is -1.91. The quantitative estimate of drug-likeness (QED) is 0.389. The van der Waals surface area contributed by atoms with Gasteiger partial charge in [0.2, 0.25) is 5.78 Å². The fraction of sp³-hybridized carbons (Fsp3) is 0.400. The molecular formula is C5H8N2O3. The van der Waals surface area contributed by atoms with Crippen LogP contribution in [-0.2, 0) is 9.53 Å². The number of rotatable bonds is 1. The van der Waals surface area contributed by atoms with Gasteiger partial charge >= 0.3 is 5.91 Å². The summed E-state index contributed by atoms with van der Waals surface area (Å²) in [6, 6.07) is 0. The van der Waals surface area contributed by atoms with Crippen molar-refractivity contribution in [3.63, 3.8) is 0 Å². The van der Waals surface area contributed by atoms with Crippen LogP contribution in [0, 0.1) is 0 Å². The van der Waals surface area contributed by atoms with Crippen LogP contribution >= 0.6 is 0 Å². The van der Waals surface area contributed by atoms with Gasteiger partial charge in [-0.15, -0.1) is 0 Å². The van der Waals surface area contributed by atoms with Gasteiger partial charge in [0.25, 0.3) is 0 Å². The van der Waals surface area contributed by atoms with E-state index >= 15 is 0 Å². The maximum Gasteiger partial charge on any atom is 0.308 e. The van der Waals surface area contributed by atoms with Gasteiger partial charge < -0.3 is 15.3 Å².